The van der Waals surface area contributed by atoms with E-state index in [1.807, 2.05) is 0 Å². The summed E-state index contributed by atoms with van der Waals surface area (Å²) in [4.78, 5) is 0. The fourth-order valence-corrected chi connectivity index (χ4v) is 3.10. The van der Waals surface area contributed by atoms with Crippen LogP contribution in [-0.4, -0.2) is 17.8 Å². The Balaban J connectivity index is 1.94. The predicted octanol–water partition coefficient (Wildman–Crippen LogP) is 3.51. The minimum absolute atomic E-state index is 0.218. The molecular weight excluding hydrogens is 267 g/mol. The van der Waals surface area contributed by atoms with Crippen molar-refractivity contribution in [3.05, 3.63) is 35.1 Å². The lowest BCUT2D eigenvalue weighted by Crippen LogP contribution is -2.26. The number of rotatable bonds is 3. The van der Waals surface area contributed by atoms with Crippen LogP contribution in [0.3, 0.4) is 0 Å². The standard InChI is InChI=1S/C18H23FO2/c1-13-8-14(2)10-17(9-13)21-12-16-6-5-15(4-3-7-20)11-18(16)19/h5-6,11,13-14,17,20H,7-10,12H2,1-2H3. The van der Waals surface area contributed by atoms with Gasteiger partial charge in [-0.25, -0.2) is 4.39 Å². The first-order valence-corrected chi connectivity index (χ1v) is 7.58. The Morgan fingerprint density at radius 1 is 1.24 bits per heavy atom. The van der Waals surface area contributed by atoms with Gasteiger partial charge in [-0.2, -0.15) is 0 Å². The van der Waals surface area contributed by atoms with E-state index in [9.17, 15) is 4.39 Å². The molecule has 1 aliphatic carbocycles. The molecule has 1 aliphatic rings. The zero-order valence-corrected chi connectivity index (χ0v) is 12.7. The van der Waals surface area contributed by atoms with Gasteiger partial charge in [0.25, 0.3) is 0 Å². The molecule has 0 heterocycles. The lowest BCUT2D eigenvalue weighted by atomic mass is 9.82. The third kappa shape index (κ3) is 4.84. The highest BCUT2D eigenvalue weighted by Crippen LogP contribution is 2.30. The van der Waals surface area contributed by atoms with E-state index in [1.165, 1.54) is 12.5 Å². The summed E-state index contributed by atoms with van der Waals surface area (Å²) in [5.74, 6) is 6.28. The van der Waals surface area contributed by atoms with Gasteiger partial charge < -0.3 is 9.84 Å². The van der Waals surface area contributed by atoms with Gasteiger partial charge in [0.15, 0.2) is 0 Å². The van der Waals surface area contributed by atoms with Crippen molar-refractivity contribution in [2.45, 2.75) is 45.8 Å². The predicted molar refractivity (Wildman–Crippen MR) is 81.1 cm³/mol. The Hall–Kier alpha value is -1.37. The van der Waals surface area contributed by atoms with E-state index in [2.05, 4.69) is 25.7 Å². The van der Waals surface area contributed by atoms with Crippen LogP contribution in [-0.2, 0) is 11.3 Å². The van der Waals surface area contributed by atoms with Crippen LogP contribution in [0.4, 0.5) is 4.39 Å². The molecule has 0 bridgehead atoms. The van der Waals surface area contributed by atoms with Crippen LogP contribution in [0, 0.1) is 29.5 Å². The molecule has 1 N–H and O–H groups in total. The molecule has 0 radical (unpaired) electrons. The lowest BCUT2D eigenvalue weighted by Gasteiger charge is -2.31. The third-order valence-corrected chi connectivity index (χ3v) is 3.97. The van der Waals surface area contributed by atoms with Gasteiger partial charge in [0, 0.05) is 11.1 Å². The number of aliphatic hydroxyl groups excluding tert-OH is 1. The van der Waals surface area contributed by atoms with Gasteiger partial charge in [-0.1, -0.05) is 31.8 Å². The largest absolute Gasteiger partial charge is 0.384 e. The molecule has 114 valence electrons. The SMILES string of the molecule is CC1CC(C)CC(OCc2ccc(C#CCO)cc2F)C1. The highest BCUT2D eigenvalue weighted by molar-refractivity contribution is 5.36. The second kappa shape index (κ2) is 7.59. The van der Waals surface area contributed by atoms with Crippen molar-refractivity contribution in [1.82, 2.24) is 0 Å². The highest BCUT2D eigenvalue weighted by Gasteiger charge is 2.24. The normalized spacial score (nSPS) is 25.2. The topological polar surface area (TPSA) is 29.5 Å². The van der Waals surface area contributed by atoms with Crippen molar-refractivity contribution >= 4 is 0 Å². The monoisotopic (exact) mass is 290 g/mol. The van der Waals surface area contributed by atoms with Gasteiger partial charge in [-0.15, -0.1) is 0 Å². The van der Waals surface area contributed by atoms with Crippen LogP contribution < -0.4 is 0 Å². The molecule has 2 nitrogen and oxygen atoms in total. The lowest BCUT2D eigenvalue weighted by molar-refractivity contribution is -0.0102. The minimum atomic E-state index is -0.295. The Morgan fingerprint density at radius 3 is 2.57 bits per heavy atom. The highest BCUT2D eigenvalue weighted by atomic mass is 19.1. The van der Waals surface area contributed by atoms with Crippen molar-refractivity contribution in [1.29, 1.82) is 0 Å². The number of hydrogen-bond acceptors (Lipinski definition) is 2. The van der Waals surface area contributed by atoms with Crippen molar-refractivity contribution in [3.63, 3.8) is 0 Å². The van der Waals surface area contributed by atoms with Gasteiger partial charge in [0.1, 0.15) is 12.4 Å². The van der Waals surface area contributed by atoms with Crippen molar-refractivity contribution in [3.8, 4) is 11.8 Å². The molecule has 1 aromatic carbocycles. The summed E-state index contributed by atoms with van der Waals surface area (Å²) >= 11 is 0. The summed E-state index contributed by atoms with van der Waals surface area (Å²) in [6.45, 7) is 4.59. The number of hydrogen-bond donors (Lipinski definition) is 1. The van der Waals surface area contributed by atoms with Gasteiger partial charge in [0.05, 0.1) is 12.7 Å². The molecule has 2 atom stereocenters. The third-order valence-electron chi connectivity index (χ3n) is 3.97. The summed E-state index contributed by atoms with van der Waals surface area (Å²) < 4.78 is 19.9. The second-order valence-corrected chi connectivity index (χ2v) is 6.12. The van der Waals surface area contributed by atoms with E-state index < -0.39 is 0 Å². The van der Waals surface area contributed by atoms with Crippen molar-refractivity contribution in [2.24, 2.45) is 11.8 Å². The number of ether oxygens (including phenoxy) is 1. The maximum absolute atomic E-state index is 14.0. The zero-order valence-electron chi connectivity index (χ0n) is 12.7. The molecule has 0 amide bonds. The van der Waals surface area contributed by atoms with Gasteiger partial charge in [0.2, 0.25) is 0 Å². The summed E-state index contributed by atoms with van der Waals surface area (Å²) in [5.41, 5.74) is 1.14. The molecule has 1 fully saturated rings. The molecule has 2 unspecified atom stereocenters. The van der Waals surface area contributed by atoms with Crippen LogP contribution in [0.5, 0.6) is 0 Å². The molecule has 2 rings (SSSR count). The fourth-order valence-electron chi connectivity index (χ4n) is 3.10. The smallest absolute Gasteiger partial charge is 0.129 e. The Morgan fingerprint density at radius 2 is 1.95 bits per heavy atom. The van der Waals surface area contributed by atoms with E-state index in [-0.39, 0.29) is 18.5 Å². The van der Waals surface area contributed by atoms with Crippen LogP contribution >= 0.6 is 0 Å². The Labute approximate surface area is 126 Å². The van der Waals surface area contributed by atoms with E-state index in [4.69, 9.17) is 9.84 Å². The van der Waals surface area contributed by atoms with E-state index in [0.717, 1.165) is 12.8 Å². The number of halogens is 1. The summed E-state index contributed by atoms with van der Waals surface area (Å²) in [7, 11) is 0. The van der Waals surface area contributed by atoms with Crippen molar-refractivity contribution in [2.75, 3.05) is 6.61 Å². The molecule has 0 saturated heterocycles. The quantitative estimate of drug-likeness (QED) is 0.863. The van der Waals surface area contributed by atoms with Gasteiger partial charge in [-0.05, 0) is 43.2 Å². The van der Waals surface area contributed by atoms with E-state index in [1.54, 1.807) is 12.1 Å². The fraction of sp³-hybridized carbons (Fsp3) is 0.556. The molecule has 1 saturated carbocycles. The maximum Gasteiger partial charge on any atom is 0.129 e. The van der Waals surface area contributed by atoms with Crippen LogP contribution in [0.25, 0.3) is 0 Å². The first-order chi connectivity index (χ1) is 10.1. The van der Waals surface area contributed by atoms with Crippen LogP contribution in [0.2, 0.25) is 0 Å². The maximum atomic E-state index is 14.0. The molecule has 1 aromatic rings. The Bertz CT molecular complexity index is 520. The average Bonchev–Trinajstić information content (AvgIpc) is 2.43. The first kappa shape index (κ1) is 16.0. The summed E-state index contributed by atoms with van der Waals surface area (Å²) in [6.07, 6.45) is 3.61. The first-order valence-electron chi connectivity index (χ1n) is 7.58. The molecule has 0 aliphatic heterocycles. The summed E-state index contributed by atoms with van der Waals surface area (Å²) in [6, 6.07) is 4.87. The Kier molecular flexibility index (Phi) is 5.78. The molecule has 3 heteroatoms. The molecule has 0 aromatic heterocycles. The average molecular weight is 290 g/mol. The van der Waals surface area contributed by atoms with Crippen LogP contribution in [0.15, 0.2) is 18.2 Å². The minimum Gasteiger partial charge on any atom is -0.384 e. The summed E-state index contributed by atoms with van der Waals surface area (Å²) in [5, 5.41) is 8.64. The van der Waals surface area contributed by atoms with Gasteiger partial charge in [-0.3, -0.25) is 0 Å². The second-order valence-electron chi connectivity index (χ2n) is 6.12. The van der Waals surface area contributed by atoms with E-state index >= 15 is 0 Å². The van der Waals surface area contributed by atoms with Crippen molar-refractivity contribution < 1.29 is 14.2 Å². The molecule has 21 heavy (non-hydrogen) atoms. The van der Waals surface area contributed by atoms with Gasteiger partial charge >= 0.3 is 0 Å². The number of aliphatic hydroxyl groups is 1. The van der Waals surface area contributed by atoms with Crippen LogP contribution in [0.1, 0.15) is 44.2 Å². The zero-order chi connectivity index (χ0) is 15.2. The molecule has 0 spiro atoms. The van der Waals surface area contributed by atoms with E-state index in [0.29, 0.717) is 29.6 Å². The molecular formula is C18H23FO2. The number of benzene rings is 1.